The first-order valence-electron chi connectivity index (χ1n) is 7.26. The van der Waals surface area contributed by atoms with Crippen LogP contribution in [0, 0.1) is 5.92 Å². The highest BCUT2D eigenvalue weighted by Crippen LogP contribution is 2.35. The molecule has 2 atom stereocenters. The van der Waals surface area contributed by atoms with Crippen molar-refractivity contribution in [3.05, 3.63) is 23.8 Å². The molecule has 1 aromatic carbocycles. The predicted octanol–water partition coefficient (Wildman–Crippen LogP) is 4.06. The van der Waals surface area contributed by atoms with Crippen LogP contribution in [0.1, 0.15) is 38.2 Å². The summed E-state index contributed by atoms with van der Waals surface area (Å²) in [5.41, 5.74) is 8.21. The maximum atomic E-state index is 5.98. The number of benzene rings is 1. The molecule has 0 bridgehead atoms. The molecule has 2 N–H and O–H groups in total. The van der Waals surface area contributed by atoms with Crippen molar-refractivity contribution in [1.82, 2.24) is 0 Å². The van der Waals surface area contributed by atoms with Crippen LogP contribution in [0.5, 0.6) is 0 Å². The molecule has 0 spiro atoms. The van der Waals surface area contributed by atoms with Crippen molar-refractivity contribution >= 4 is 34.7 Å². The van der Waals surface area contributed by atoms with E-state index in [2.05, 4.69) is 43.3 Å². The quantitative estimate of drug-likeness (QED) is 0.671. The molecule has 110 valence electrons. The second-order valence-electron chi connectivity index (χ2n) is 5.66. The van der Waals surface area contributed by atoms with Crippen molar-refractivity contribution < 1.29 is 0 Å². The van der Waals surface area contributed by atoms with Gasteiger partial charge >= 0.3 is 0 Å². The summed E-state index contributed by atoms with van der Waals surface area (Å²) in [6.45, 7) is 2.36. The summed E-state index contributed by atoms with van der Waals surface area (Å²) in [5.74, 6) is 0.728. The Morgan fingerprint density at radius 2 is 2.05 bits per heavy atom. The second-order valence-corrected chi connectivity index (χ2v) is 6.95. The van der Waals surface area contributed by atoms with Gasteiger partial charge in [0.25, 0.3) is 0 Å². The lowest BCUT2D eigenvalue weighted by atomic mass is 9.84. The Balaban J connectivity index is 2.38. The average molecular weight is 309 g/mol. The van der Waals surface area contributed by atoms with E-state index in [1.807, 2.05) is 0 Å². The van der Waals surface area contributed by atoms with Crippen LogP contribution in [0.15, 0.2) is 23.1 Å². The van der Waals surface area contributed by atoms with Gasteiger partial charge in [0.2, 0.25) is 0 Å². The second kappa shape index (κ2) is 6.81. The molecule has 0 aliphatic heterocycles. The van der Waals surface area contributed by atoms with E-state index in [0.29, 0.717) is 11.0 Å². The lowest BCUT2D eigenvalue weighted by Gasteiger charge is -2.38. The van der Waals surface area contributed by atoms with Gasteiger partial charge in [-0.25, -0.2) is 0 Å². The summed E-state index contributed by atoms with van der Waals surface area (Å²) in [5, 5.41) is 0. The topological polar surface area (TPSA) is 29.3 Å². The van der Waals surface area contributed by atoms with E-state index in [1.54, 1.807) is 11.8 Å². The molecule has 2 nitrogen and oxygen atoms in total. The minimum atomic E-state index is 0.500. The highest BCUT2D eigenvalue weighted by Gasteiger charge is 2.27. The Hall–Kier alpha value is -0.740. The van der Waals surface area contributed by atoms with Crippen LogP contribution in [0.4, 0.5) is 5.69 Å². The molecule has 4 heteroatoms. The molecule has 1 fully saturated rings. The summed E-state index contributed by atoms with van der Waals surface area (Å²) in [6, 6.07) is 6.94. The maximum absolute atomic E-state index is 5.98. The molecule has 1 saturated carbocycles. The molecule has 0 heterocycles. The lowest BCUT2D eigenvalue weighted by Crippen LogP contribution is -2.40. The normalized spacial score (nSPS) is 22.6. The van der Waals surface area contributed by atoms with Gasteiger partial charge in [0.1, 0.15) is 4.99 Å². The Morgan fingerprint density at radius 3 is 2.65 bits per heavy atom. The Bertz CT molecular complexity index is 487. The number of rotatable bonds is 4. The summed E-state index contributed by atoms with van der Waals surface area (Å²) in [6.07, 6.45) is 7.34. The van der Waals surface area contributed by atoms with Gasteiger partial charge in [-0.3, -0.25) is 0 Å². The van der Waals surface area contributed by atoms with Crippen molar-refractivity contribution in [3.63, 3.8) is 0 Å². The number of hydrogen-bond donors (Lipinski definition) is 1. The summed E-state index contributed by atoms with van der Waals surface area (Å²) < 4.78 is 0. The van der Waals surface area contributed by atoms with Gasteiger partial charge in [0, 0.05) is 29.2 Å². The fourth-order valence-electron chi connectivity index (χ4n) is 3.28. The molecule has 0 saturated heterocycles. The smallest absolute Gasteiger partial charge is 0.107 e. The Kier molecular flexibility index (Phi) is 5.33. The molecular weight excluding hydrogens is 284 g/mol. The van der Waals surface area contributed by atoms with Crippen LogP contribution in [-0.4, -0.2) is 24.3 Å². The zero-order valence-electron chi connectivity index (χ0n) is 12.6. The third kappa shape index (κ3) is 3.12. The Labute approximate surface area is 132 Å². The van der Waals surface area contributed by atoms with Crippen molar-refractivity contribution in [3.8, 4) is 0 Å². The standard InChI is InChI=1S/C16H24N2S2/c1-11-7-4-5-8-12(11)18(2)13-9-6-10-14(20-3)15(13)16(17)19/h6,9-12H,4-5,7-8H2,1-3H3,(H2,17,19). The molecule has 0 amide bonds. The number of thioether (sulfide) groups is 1. The molecular formula is C16H24N2S2. The van der Waals surface area contributed by atoms with E-state index in [4.69, 9.17) is 18.0 Å². The zero-order valence-corrected chi connectivity index (χ0v) is 14.2. The van der Waals surface area contributed by atoms with Crippen molar-refractivity contribution in [2.45, 2.75) is 43.5 Å². The average Bonchev–Trinajstić information content (AvgIpc) is 2.46. The number of nitrogens with zero attached hydrogens (tertiary/aromatic N) is 1. The number of anilines is 1. The van der Waals surface area contributed by atoms with E-state index >= 15 is 0 Å². The summed E-state index contributed by atoms with van der Waals surface area (Å²) >= 11 is 7.00. The van der Waals surface area contributed by atoms with Gasteiger partial charge in [0.15, 0.2) is 0 Å². The van der Waals surface area contributed by atoms with E-state index in [9.17, 15) is 0 Å². The fraction of sp³-hybridized carbons (Fsp3) is 0.562. The molecule has 20 heavy (non-hydrogen) atoms. The van der Waals surface area contributed by atoms with Crippen LogP contribution in [0.3, 0.4) is 0 Å². The van der Waals surface area contributed by atoms with Gasteiger partial charge in [0.05, 0.1) is 0 Å². The fourth-order valence-corrected chi connectivity index (χ4v) is 4.19. The third-order valence-corrected chi connectivity index (χ3v) is 5.40. The van der Waals surface area contributed by atoms with Crippen LogP contribution >= 0.6 is 24.0 Å². The summed E-state index contributed by atoms with van der Waals surface area (Å²) in [7, 11) is 2.19. The van der Waals surface area contributed by atoms with Gasteiger partial charge in [-0.2, -0.15) is 0 Å². The van der Waals surface area contributed by atoms with Crippen LogP contribution in [0.25, 0.3) is 0 Å². The van der Waals surface area contributed by atoms with E-state index in [1.165, 1.54) is 36.3 Å². The molecule has 1 aromatic rings. The van der Waals surface area contributed by atoms with Gasteiger partial charge < -0.3 is 10.6 Å². The molecule has 2 unspecified atom stereocenters. The monoisotopic (exact) mass is 308 g/mol. The van der Waals surface area contributed by atoms with Crippen molar-refractivity contribution in [1.29, 1.82) is 0 Å². The van der Waals surface area contributed by atoms with Crippen molar-refractivity contribution in [2.75, 3.05) is 18.2 Å². The van der Waals surface area contributed by atoms with Crippen LogP contribution in [-0.2, 0) is 0 Å². The molecule has 0 aromatic heterocycles. The molecule has 0 radical (unpaired) electrons. The maximum Gasteiger partial charge on any atom is 0.107 e. The first-order chi connectivity index (χ1) is 9.56. The third-order valence-electron chi connectivity index (χ3n) is 4.41. The molecule has 1 aliphatic carbocycles. The minimum absolute atomic E-state index is 0.500. The first kappa shape index (κ1) is 15.6. The Morgan fingerprint density at radius 1 is 1.35 bits per heavy atom. The van der Waals surface area contributed by atoms with Gasteiger partial charge in [-0.05, 0) is 37.1 Å². The van der Waals surface area contributed by atoms with E-state index in [0.717, 1.165) is 11.5 Å². The van der Waals surface area contributed by atoms with Crippen LogP contribution < -0.4 is 10.6 Å². The lowest BCUT2D eigenvalue weighted by molar-refractivity contribution is 0.321. The van der Waals surface area contributed by atoms with E-state index in [-0.39, 0.29) is 0 Å². The number of nitrogens with two attached hydrogens (primary N) is 1. The van der Waals surface area contributed by atoms with Gasteiger partial charge in [-0.15, -0.1) is 11.8 Å². The summed E-state index contributed by atoms with van der Waals surface area (Å²) in [4.78, 5) is 4.07. The van der Waals surface area contributed by atoms with Crippen molar-refractivity contribution in [2.24, 2.45) is 11.7 Å². The number of thiocarbonyl (C=S) groups is 1. The first-order valence-corrected chi connectivity index (χ1v) is 8.89. The zero-order chi connectivity index (χ0) is 14.7. The largest absolute Gasteiger partial charge is 0.389 e. The minimum Gasteiger partial charge on any atom is -0.389 e. The van der Waals surface area contributed by atoms with Gasteiger partial charge in [-0.1, -0.05) is 38.0 Å². The molecule has 2 rings (SSSR count). The molecule has 1 aliphatic rings. The van der Waals surface area contributed by atoms with Crippen LogP contribution in [0.2, 0.25) is 0 Å². The number of hydrogen-bond acceptors (Lipinski definition) is 3. The predicted molar refractivity (Wildman–Crippen MR) is 93.9 cm³/mol. The SMILES string of the molecule is CSc1cccc(N(C)C2CCCCC2C)c1C(N)=S. The highest BCUT2D eigenvalue weighted by atomic mass is 32.2. The van der Waals surface area contributed by atoms with E-state index < -0.39 is 0 Å². The highest BCUT2D eigenvalue weighted by molar-refractivity contribution is 7.98.